The number of nitrogens with one attached hydrogen (secondary N) is 1. The van der Waals surface area contributed by atoms with Crippen LogP contribution < -0.4 is 10.5 Å². The number of rotatable bonds is 4. The van der Waals surface area contributed by atoms with E-state index in [0.717, 1.165) is 17.4 Å². The normalized spacial score (nSPS) is 11.2. The number of carbonyl (C=O) groups is 1. The van der Waals surface area contributed by atoms with Crippen LogP contribution >= 0.6 is 27.3 Å². The van der Waals surface area contributed by atoms with Crippen LogP contribution in [-0.2, 0) is 10.0 Å². The molecular formula is C11H9BrN2O4S2. The summed E-state index contributed by atoms with van der Waals surface area (Å²) in [4.78, 5) is 10.7. The van der Waals surface area contributed by atoms with Crippen molar-refractivity contribution in [3.05, 3.63) is 39.0 Å². The standard InChI is InChI=1S/C11H9BrN2O4S2/c12-10-9(5-8(19-10)11(15)16)20(17,18)14-7-4-2-1-3-6(7)13/h1-5,14H,13H2,(H,15,16). The highest BCUT2D eigenvalue weighted by atomic mass is 79.9. The second-order valence-electron chi connectivity index (χ2n) is 3.75. The van der Waals surface area contributed by atoms with Gasteiger partial charge in [0, 0.05) is 0 Å². The van der Waals surface area contributed by atoms with Gasteiger partial charge in [0.2, 0.25) is 0 Å². The number of anilines is 2. The fourth-order valence-electron chi connectivity index (χ4n) is 1.43. The molecule has 0 radical (unpaired) electrons. The lowest BCUT2D eigenvalue weighted by Gasteiger charge is -2.09. The van der Waals surface area contributed by atoms with Gasteiger partial charge in [0.05, 0.1) is 15.2 Å². The summed E-state index contributed by atoms with van der Waals surface area (Å²) >= 11 is 3.89. The Bertz CT molecular complexity index is 770. The number of sulfonamides is 1. The van der Waals surface area contributed by atoms with Crippen LogP contribution in [0.15, 0.2) is 39.0 Å². The highest BCUT2D eigenvalue weighted by Gasteiger charge is 2.23. The Labute approximate surface area is 127 Å². The number of carboxylic acids is 1. The zero-order valence-corrected chi connectivity index (χ0v) is 13.0. The molecule has 2 aromatic rings. The summed E-state index contributed by atoms with van der Waals surface area (Å²) in [5.74, 6) is -1.18. The van der Waals surface area contributed by atoms with E-state index in [2.05, 4.69) is 20.7 Å². The number of hydrogen-bond donors (Lipinski definition) is 3. The average molecular weight is 377 g/mol. The van der Waals surface area contributed by atoms with Crippen molar-refractivity contribution in [2.75, 3.05) is 10.5 Å². The lowest BCUT2D eigenvalue weighted by Crippen LogP contribution is -2.13. The van der Waals surface area contributed by atoms with Crippen LogP contribution in [0.2, 0.25) is 0 Å². The molecule has 106 valence electrons. The van der Waals surface area contributed by atoms with E-state index in [-0.39, 0.29) is 24.9 Å². The molecule has 0 atom stereocenters. The molecule has 0 unspecified atom stereocenters. The number of carboxylic acid groups (broad SMARTS) is 1. The van der Waals surface area contributed by atoms with E-state index in [1.54, 1.807) is 18.2 Å². The molecule has 9 heteroatoms. The van der Waals surface area contributed by atoms with E-state index in [4.69, 9.17) is 10.8 Å². The summed E-state index contributed by atoms with van der Waals surface area (Å²) in [5, 5.41) is 8.88. The Balaban J connectivity index is 2.41. The van der Waals surface area contributed by atoms with Gasteiger partial charge in [-0.3, -0.25) is 4.72 Å². The quantitative estimate of drug-likeness (QED) is 0.710. The number of hydrogen-bond acceptors (Lipinski definition) is 5. The first-order chi connectivity index (χ1) is 9.31. The maximum absolute atomic E-state index is 12.2. The maximum Gasteiger partial charge on any atom is 0.345 e. The average Bonchev–Trinajstić information content (AvgIpc) is 2.75. The SMILES string of the molecule is Nc1ccccc1NS(=O)(=O)c1cc(C(=O)O)sc1Br. The molecule has 0 amide bonds. The first kappa shape index (κ1) is 14.8. The van der Waals surface area contributed by atoms with E-state index in [0.29, 0.717) is 0 Å². The number of halogens is 1. The van der Waals surface area contributed by atoms with Crippen molar-refractivity contribution < 1.29 is 18.3 Å². The van der Waals surface area contributed by atoms with Crippen LogP contribution in [0, 0.1) is 0 Å². The molecule has 0 bridgehead atoms. The molecule has 0 saturated carbocycles. The number of nitrogen functional groups attached to an aromatic ring is 1. The van der Waals surface area contributed by atoms with Crippen LogP contribution in [0.3, 0.4) is 0 Å². The molecule has 0 aliphatic rings. The fraction of sp³-hybridized carbons (Fsp3) is 0. The number of benzene rings is 1. The third-order valence-electron chi connectivity index (χ3n) is 2.36. The predicted octanol–water partition coefficient (Wildman–Crippen LogP) is 2.59. The van der Waals surface area contributed by atoms with Crippen LogP contribution in [0.5, 0.6) is 0 Å². The van der Waals surface area contributed by atoms with Crippen molar-refractivity contribution in [3.8, 4) is 0 Å². The summed E-state index contributed by atoms with van der Waals surface area (Å²) in [6, 6.07) is 7.49. The van der Waals surface area contributed by atoms with Crippen LogP contribution in [0.1, 0.15) is 9.67 Å². The topological polar surface area (TPSA) is 109 Å². The smallest absolute Gasteiger partial charge is 0.345 e. The summed E-state index contributed by atoms with van der Waals surface area (Å²) in [7, 11) is -3.91. The van der Waals surface area contributed by atoms with Gasteiger partial charge in [0.15, 0.2) is 0 Å². The van der Waals surface area contributed by atoms with Gasteiger partial charge in [-0.25, -0.2) is 13.2 Å². The molecule has 0 aliphatic heterocycles. The van der Waals surface area contributed by atoms with Gasteiger partial charge in [0.25, 0.3) is 10.0 Å². The third kappa shape index (κ3) is 2.94. The Morgan fingerprint density at radius 1 is 1.35 bits per heavy atom. The first-order valence-corrected chi connectivity index (χ1v) is 8.30. The van der Waals surface area contributed by atoms with Gasteiger partial charge in [-0.1, -0.05) is 12.1 Å². The molecule has 0 aliphatic carbocycles. The number of nitrogens with two attached hydrogens (primary N) is 1. The van der Waals surface area contributed by atoms with E-state index < -0.39 is 16.0 Å². The number of para-hydroxylation sites is 2. The summed E-state index contributed by atoms with van der Waals surface area (Å²) in [5.41, 5.74) is 6.18. The van der Waals surface area contributed by atoms with Gasteiger partial charge < -0.3 is 10.8 Å². The molecule has 1 aromatic carbocycles. The molecule has 0 fully saturated rings. The lowest BCUT2D eigenvalue weighted by molar-refractivity contribution is 0.0702. The first-order valence-electron chi connectivity index (χ1n) is 5.21. The van der Waals surface area contributed by atoms with E-state index in [1.165, 1.54) is 6.07 Å². The number of thiophene rings is 1. The van der Waals surface area contributed by atoms with Gasteiger partial charge in [-0.15, -0.1) is 11.3 Å². The third-order valence-corrected chi connectivity index (χ3v) is 5.97. The summed E-state index contributed by atoms with van der Waals surface area (Å²) in [6.07, 6.45) is 0. The zero-order chi connectivity index (χ0) is 14.9. The molecule has 0 spiro atoms. The second kappa shape index (κ2) is 5.43. The van der Waals surface area contributed by atoms with Crippen molar-refractivity contribution in [2.24, 2.45) is 0 Å². The van der Waals surface area contributed by atoms with Crippen molar-refractivity contribution in [1.29, 1.82) is 0 Å². The fourth-order valence-corrected chi connectivity index (χ4v) is 4.92. The van der Waals surface area contributed by atoms with Gasteiger partial charge in [-0.2, -0.15) is 0 Å². The summed E-state index contributed by atoms with van der Waals surface area (Å²) < 4.78 is 27.0. The van der Waals surface area contributed by atoms with Crippen molar-refractivity contribution >= 4 is 54.6 Å². The minimum absolute atomic E-state index is 0.0710. The molecule has 1 aromatic heterocycles. The Hall–Kier alpha value is -1.58. The van der Waals surface area contributed by atoms with E-state index in [1.807, 2.05) is 0 Å². The predicted molar refractivity (Wildman–Crippen MR) is 80.6 cm³/mol. The van der Waals surface area contributed by atoms with Crippen molar-refractivity contribution in [1.82, 2.24) is 0 Å². The molecule has 4 N–H and O–H groups in total. The summed E-state index contributed by atoms with van der Waals surface area (Å²) in [6.45, 7) is 0. The Morgan fingerprint density at radius 2 is 2.00 bits per heavy atom. The van der Waals surface area contributed by atoms with E-state index >= 15 is 0 Å². The van der Waals surface area contributed by atoms with Crippen molar-refractivity contribution in [3.63, 3.8) is 0 Å². The molecule has 20 heavy (non-hydrogen) atoms. The van der Waals surface area contributed by atoms with Crippen LogP contribution in [0.25, 0.3) is 0 Å². The van der Waals surface area contributed by atoms with Gasteiger partial charge in [-0.05, 0) is 34.1 Å². The zero-order valence-electron chi connectivity index (χ0n) is 9.83. The van der Waals surface area contributed by atoms with Crippen LogP contribution in [0.4, 0.5) is 11.4 Å². The van der Waals surface area contributed by atoms with Crippen molar-refractivity contribution in [2.45, 2.75) is 4.90 Å². The maximum atomic E-state index is 12.2. The van der Waals surface area contributed by atoms with Crippen LogP contribution in [-0.4, -0.2) is 19.5 Å². The molecule has 6 nitrogen and oxygen atoms in total. The van der Waals surface area contributed by atoms with Gasteiger partial charge >= 0.3 is 5.97 Å². The second-order valence-corrected chi connectivity index (χ2v) is 7.77. The van der Waals surface area contributed by atoms with Gasteiger partial charge in [0.1, 0.15) is 9.77 Å². The monoisotopic (exact) mass is 376 g/mol. The molecule has 2 rings (SSSR count). The Kier molecular flexibility index (Phi) is 4.02. The highest BCUT2D eigenvalue weighted by Crippen LogP contribution is 2.33. The van der Waals surface area contributed by atoms with E-state index in [9.17, 15) is 13.2 Å². The minimum Gasteiger partial charge on any atom is -0.477 e. The number of aromatic carboxylic acids is 1. The highest BCUT2D eigenvalue weighted by molar-refractivity contribution is 9.11. The molecular weight excluding hydrogens is 368 g/mol. The largest absolute Gasteiger partial charge is 0.477 e. The lowest BCUT2D eigenvalue weighted by atomic mass is 10.3. The molecule has 0 saturated heterocycles. The molecule has 1 heterocycles. The minimum atomic E-state index is -3.91. The Morgan fingerprint density at radius 3 is 2.55 bits per heavy atom.